The molecule has 1 heterocycles. The van der Waals surface area contributed by atoms with Crippen LogP contribution in [0.4, 0.5) is 0 Å². The van der Waals surface area contributed by atoms with Crippen LogP contribution in [0.25, 0.3) is 0 Å². The Morgan fingerprint density at radius 2 is 2.26 bits per heavy atom. The number of hydrogen-bond donors (Lipinski definition) is 1. The van der Waals surface area contributed by atoms with E-state index in [4.69, 9.17) is 4.74 Å². The fourth-order valence-electron chi connectivity index (χ4n) is 1.78. The van der Waals surface area contributed by atoms with Crippen LogP contribution in [0.3, 0.4) is 0 Å². The average molecular weight is 325 g/mol. The third kappa shape index (κ3) is 3.54. The molecule has 5 nitrogen and oxygen atoms in total. The third-order valence-corrected chi connectivity index (χ3v) is 3.35. The van der Waals surface area contributed by atoms with Crippen LogP contribution in [0.1, 0.15) is 18.3 Å². The summed E-state index contributed by atoms with van der Waals surface area (Å²) in [6.07, 6.45) is 1.55. The maximum absolute atomic E-state index is 5.77. The lowest BCUT2D eigenvalue weighted by atomic mass is 10.2. The molecule has 0 aliphatic rings. The largest absolute Gasteiger partial charge is 0.484 e. The van der Waals surface area contributed by atoms with Crippen molar-refractivity contribution in [3.05, 3.63) is 40.4 Å². The minimum atomic E-state index is 0.414. The summed E-state index contributed by atoms with van der Waals surface area (Å²) < 4.78 is 8.54. The number of nitrogens with one attached hydrogen (secondary N) is 1. The van der Waals surface area contributed by atoms with E-state index in [0.717, 1.165) is 29.1 Å². The molecule has 6 heteroatoms. The Morgan fingerprint density at radius 1 is 1.42 bits per heavy atom. The van der Waals surface area contributed by atoms with Gasteiger partial charge in [0.15, 0.2) is 5.82 Å². The number of aromatic nitrogens is 3. The summed E-state index contributed by atoms with van der Waals surface area (Å²) in [5.74, 6) is 1.64. The topological polar surface area (TPSA) is 52.0 Å². The summed E-state index contributed by atoms with van der Waals surface area (Å²) in [5.41, 5.74) is 1.21. The zero-order valence-corrected chi connectivity index (χ0v) is 12.6. The van der Waals surface area contributed by atoms with E-state index in [9.17, 15) is 0 Å². The van der Waals surface area contributed by atoms with Gasteiger partial charge in [0.1, 0.15) is 18.7 Å². The van der Waals surface area contributed by atoms with Gasteiger partial charge in [0.05, 0.1) is 4.47 Å². The van der Waals surface area contributed by atoms with Crippen LogP contribution >= 0.6 is 15.9 Å². The molecule has 0 bridgehead atoms. The predicted molar refractivity (Wildman–Crippen MR) is 76.9 cm³/mol. The molecule has 0 aliphatic carbocycles. The van der Waals surface area contributed by atoms with E-state index in [-0.39, 0.29) is 0 Å². The van der Waals surface area contributed by atoms with Gasteiger partial charge in [-0.25, -0.2) is 9.67 Å². The number of halogens is 1. The number of rotatable bonds is 6. The molecule has 0 saturated carbocycles. The van der Waals surface area contributed by atoms with Crippen molar-refractivity contribution in [2.24, 2.45) is 0 Å². The van der Waals surface area contributed by atoms with Crippen LogP contribution in [0.5, 0.6) is 5.75 Å². The molecule has 102 valence electrons. The molecule has 1 aromatic heterocycles. The standard InChI is InChI=1S/C13H17BrN4O/c1-3-18-13(16-9-17-18)8-19-12-5-4-10(7-15-2)6-11(12)14/h4-6,9,15H,3,7-8H2,1-2H3. The van der Waals surface area contributed by atoms with Crippen LogP contribution in [0.15, 0.2) is 29.0 Å². The normalized spacial score (nSPS) is 10.7. The van der Waals surface area contributed by atoms with Gasteiger partial charge in [0.25, 0.3) is 0 Å². The SMILES string of the molecule is CCn1ncnc1COc1ccc(CNC)cc1Br. The Balaban J connectivity index is 2.03. The summed E-state index contributed by atoms with van der Waals surface area (Å²) in [5, 5.41) is 7.23. The molecule has 0 fully saturated rings. The molecule has 19 heavy (non-hydrogen) atoms. The van der Waals surface area contributed by atoms with Gasteiger partial charge >= 0.3 is 0 Å². The van der Waals surface area contributed by atoms with Crippen molar-refractivity contribution in [3.8, 4) is 5.75 Å². The highest BCUT2D eigenvalue weighted by atomic mass is 79.9. The molecule has 1 aromatic carbocycles. The second-order valence-electron chi connectivity index (χ2n) is 4.08. The van der Waals surface area contributed by atoms with E-state index < -0.39 is 0 Å². The molecule has 2 aromatic rings. The first-order valence-corrected chi connectivity index (χ1v) is 6.96. The lowest BCUT2D eigenvalue weighted by molar-refractivity contribution is 0.285. The van der Waals surface area contributed by atoms with Gasteiger partial charge in [0, 0.05) is 13.1 Å². The highest BCUT2D eigenvalue weighted by molar-refractivity contribution is 9.10. The number of nitrogens with zero attached hydrogens (tertiary/aromatic N) is 3. The molecular formula is C13H17BrN4O. The smallest absolute Gasteiger partial charge is 0.164 e. The maximum atomic E-state index is 5.77. The molecule has 1 N–H and O–H groups in total. The second kappa shape index (κ2) is 6.68. The van der Waals surface area contributed by atoms with Crippen molar-refractivity contribution in [2.75, 3.05) is 7.05 Å². The monoisotopic (exact) mass is 324 g/mol. The van der Waals surface area contributed by atoms with Gasteiger partial charge in [-0.2, -0.15) is 5.10 Å². The van der Waals surface area contributed by atoms with Crippen molar-refractivity contribution in [1.82, 2.24) is 20.1 Å². The predicted octanol–water partition coefficient (Wildman–Crippen LogP) is 2.36. The first-order valence-electron chi connectivity index (χ1n) is 6.17. The molecule has 2 rings (SSSR count). The highest BCUT2D eigenvalue weighted by Crippen LogP contribution is 2.26. The Hall–Kier alpha value is -1.40. The van der Waals surface area contributed by atoms with E-state index in [0.29, 0.717) is 6.61 Å². The van der Waals surface area contributed by atoms with E-state index in [1.54, 1.807) is 6.33 Å². The quantitative estimate of drug-likeness (QED) is 0.886. The summed E-state index contributed by atoms with van der Waals surface area (Å²) in [4.78, 5) is 4.18. The first-order chi connectivity index (χ1) is 9.24. The van der Waals surface area contributed by atoms with Gasteiger partial charge < -0.3 is 10.1 Å². The lowest BCUT2D eigenvalue weighted by Crippen LogP contribution is -2.08. The van der Waals surface area contributed by atoms with E-state index in [1.807, 2.05) is 30.8 Å². The fourth-order valence-corrected chi connectivity index (χ4v) is 2.32. The average Bonchev–Trinajstić information content (AvgIpc) is 2.85. The maximum Gasteiger partial charge on any atom is 0.164 e. The van der Waals surface area contributed by atoms with Crippen molar-refractivity contribution in [3.63, 3.8) is 0 Å². The summed E-state index contributed by atoms with van der Waals surface area (Å²) in [6.45, 7) is 4.07. The van der Waals surface area contributed by atoms with Crippen LogP contribution in [0, 0.1) is 0 Å². The van der Waals surface area contributed by atoms with Crippen molar-refractivity contribution in [1.29, 1.82) is 0 Å². The minimum Gasteiger partial charge on any atom is -0.484 e. The number of aryl methyl sites for hydroxylation is 1. The second-order valence-corrected chi connectivity index (χ2v) is 4.93. The van der Waals surface area contributed by atoms with Gasteiger partial charge in [-0.3, -0.25) is 0 Å². The minimum absolute atomic E-state index is 0.414. The molecule has 0 aliphatic heterocycles. The van der Waals surface area contributed by atoms with E-state index in [1.165, 1.54) is 5.56 Å². The highest BCUT2D eigenvalue weighted by Gasteiger charge is 2.06. The molecule has 0 amide bonds. The Morgan fingerprint density at radius 3 is 2.95 bits per heavy atom. The van der Waals surface area contributed by atoms with Gasteiger partial charge in [0.2, 0.25) is 0 Å². The summed E-state index contributed by atoms with van der Waals surface area (Å²) in [6, 6.07) is 6.06. The molecule has 0 spiro atoms. The lowest BCUT2D eigenvalue weighted by Gasteiger charge is -2.10. The zero-order valence-electron chi connectivity index (χ0n) is 11.1. The Kier molecular flexibility index (Phi) is 4.93. The van der Waals surface area contributed by atoms with Gasteiger partial charge in [-0.05, 0) is 47.6 Å². The number of hydrogen-bond acceptors (Lipinski definition) is 4. The van der Waals surface area contributed by atoms with E-state index >= 15 is 0 Å². The van der Waals surface area contributed by atoms with E-state index in [2.05, 4.69) is 37.4 Å². The van der Waals surface area contributed by atoms with Crippen LogP contribution in [-0.4, -0.2) is 21.8 Å². The summed E-state index contributed by atoms with van der Waals surface area (Å²) >= 11 is 3.52. The zero-order chi connectivity index (χ0) is 13.7. The summed E-state index contributed by atoms with van der Waals surface area (Å²) in [7, 11) is 1.93. The van der Waals surface area contributed by atoms with Crippen LogP contribution in [0.2, 0.25) is 0 Å². The molecular weight excluding hydrogens is 308 g/mol. The van der Waals surface area contributed by atoms with Gasteiger partial charge in [-0.1, -0.05) is 6.07 Å². The van der Waals surface area contributed by atoms with Crippen LogP contribution in [-0.2, 0) is 19.7 Å². The number of benzene rings is 1. The van der Waals surface area contributed by atoms with Crippen molar-refractivity contribution < 1.29 is 4.74 Å². The molecule has 0 unspecified atom stereocenters. The van der Waals surface area contributed by atoms with Crippen molar-refractivity contribution >= 4 is 15.9 Å². The Labute approximate surface area is 121 Å². The molecule has 0 saturated heterocycles. The van der Waals surface area contributed by atoms with Crippen LogP contribution < -0.4 is 10.1 Å². The van der Waals surface area contributed by atoms with Gasteiger partial charge in [-0.15, -0.1) is 0 Å². The fraction of sp³-hybridized carbons (Fsp3) is 0.385. The first kappa shape index (κ1) is 14.0. The molecule has 0 radical (unpaired) electrons. The Bertz CT molecular complexity index is 541. The number of ether oxygens (including phenoxy) is 1. The third-order valence-electron chi connectivity index (χ3n) is 2.73. The molecule has 0 atom stereocenters. The van der Waals surface area contributed by atoms with Crippen molar-refractivity contribution in [2.45, 2.75) is 26.6 Å².